The molecule has 1 saturated heterocycles. The molecule has 4 rings (SSSR count). The maximum atomic E-state index is 12.5. The van der Waals surface area contributed by atoms with Gasteiger partial charge in [-0.05, 0) is 67.6 Å². The van der Waals surface area contributed by atoms with Crippen LogP contribution in [0.3, 0.4) is 0 Å². The summed E-state index contributed by atoms with van der Waals surface area (Å²) in [5.74, 6) is 0.131. The van der Waals surface area contributed by atoms with E-state index in [9.17, 15) is 8.42 Å². The third-order valence-electron chi connectivity index (χ3n) is 5.22. The maximum Gasteiger partial charge on any atom is 0.178 e. The van der Waals surface area contributed by atoms with Crippen molar-refractivity contribution in [3.63, 3.8) is 0 Å². The molecule has 26 heavy (non-hydrogen) atoms. The molecule has 0 spiro atoms. The van der Waals surface area contributed by atoms with Crippen LogP contribution in [-0.4, -0.2) is 31.7 Å². The fraction of sp³-hybridized carbons (Fsp3) is 0.333. The first-order chi connectivity index (χ1) is 12.6. The van der Waals surface area contributed by atoms with E-state index in [0.29, 0.717) is 17.4 Å². The van der Waals surface area contributed by atoms with Crippen LogP contribution in [0, 0.1) is 0 Å². The Kier molecular flexibility index (Phi) is 4.83. The molecule has 1 aliphatic rings. The van der Waals surface area contributed by atoms with E-state index in [1.807, 2.05) is 12.1 Å². The monoisotopic (exact) mass is 368 g/mol. The molecule has 1 unspecified atom stereocenters. The van der Waals surface area contributed by atoms with Gasteiger partial charge in [0.1, 0.15) is 0 Å². The van der Waals surface area contributed by atoms with Crippen molar-refractivity contribution in [2.75, 3.05) is 12.3 Å². The summed E-state index contributed by atoms with van der Waals surface area (Å²) in [6, 6.07) is 15.5. The highest BCUT2D eigenvalue weighted by Gasteiger charge is 2.17. The summed E-state index contributed by atoms with van der Waals surface area (Å²) in [5, 5.41) is 4.76. The third kappa shape index (κ3) is 3.69. The summed E-state index contributed by atoms with van der Waals surface area (Å²) < 4.78 is 25.0. The molecule has 1 atom stereocenters. The molecule has 4 nitrogen and oxygen atoms in total. The number of aryl methyl sites for hydroxylation is 1. The summed E-state index contributed by atoms with van der Waals surface area (Å²) >= 11 is 0. The van der Waals surface area contributed by atoms with Gasteiger partial charge in [-0.1, -0.05) is 24.3 Å². The Hall–Kier alpha value is -2.11. The summed E-state index contributed by atoms with van der Waals surface area (Å²) in [5.41, 5.74) is 3.50. The molecule has 3 aromatic rings. The molecular formula is C21H24N2O2S. The van der Waals surface area contributed by atoms with Crippen LogP contribution in [0.1, 0.15) is 24.0 Å². The number of sulfone groups is 1. The van der Waals surface area contributed by atoms with Gasteiger partial charge in [-0.2, -0.15) is 0 Å². The first-order valence-electron chi connectivity index (χ1n) is 9.22. The van der Waals surface area contributed by atoms with Gasteiger partial charge < -0.3 is 10.3 Å². The molecule has 2 aromatic carbocycles. The van der Waals surface area contributed by atoms with Crippen molar-refractivity contribution in [2.45, 2.75) is 36.6 Å². The lowest BCUT2D eigenvalue weighted by Gasteiger charge is -2.09. The van der Waals surface area contributed by atoms with E-state index < -0.39 is 9.84 Å². The number of benzene rings is 2. The summed E-state index contributed by atoms with van der Waals surface area (Å²) in [4.78, 5) is 3.74. The lowest BCUT2D eigenvalue weighted by molar-refractivity contribution is 0.595. The van der Waals surface area contributed by atoms with E-state index in [0.717, 1.165) is 24.0 Å². The van der Waals surface area contributed by atoms with Crippen molar-refractivity contribution in [2.24, 2.45) is 0 Å². The fourth-order valence-corrected chi connectivity index (χ4v) is 5.06. The van der Waals surface area contributed by atoms with Gasteiger partial charge in [-0.3, -0.25) is 0 Å². The Balaban J connectivity index is 1.52. The Morgan fingerprint density at radius 2 is 1.92 bits per heavy atom. The minimum absolute atomic E-state index is 0.131. The van der Waals surface area contributed by atoms with Gasteiger partial charge in [0.15, 0.2) is 9.84 Å². The van der Waals surface area contributed by atoms with Crippen molar-refractivity contribution < 1.29 is 8.42 Å². The number of rotatable bonds is 6. The molecule has 1 fully saturated rings. The van der Waals surface area contributed by atoms with Crippen LogP contribution in [0.5, 0.6) is 0 Å². The van der Waals surface area contributed by atoms with E-state index in [2.05, 4.69) is 28.6 Å². The number of fused-ring (bicyclic) bond motifs is 1. The summed E-state index contributed by atoms with van der Waals surface area (Å²) in [6.45, 7) is 1.11. The van der Waals surface area contributed by atoms with Crippen LogP contribution in [-0.2, 0) is 22.7 Å². The second kappa shape index (κ2) is 7.25. The van der Waals surface area contributed by atoms with Crippen molar-refractivity contribution in [3.8, 4) is 0 Å². The van der Waals surface area contributed by atoms with Crippen molar-refractivity contribution >= 4 is 20.7 Å². The van der Waals surface area contributed by atoms with Crippen molar-refractivity contribution in [1.29, 1.82) is 0 Å². The number of aromatic amines is 1. The molecule has 1 aliphatic heterocycles. The predicted molar refractivity (Wildman–Crippen MR) is 105 cm³/mol. The van der Waals surface area contributed by atoms with Gasteiger partial charge in [0.05, 0.1) is 10.6 Å². The molecule has 0 saturated carbocycles. The topological polar surface area (TPSA) is 62.0 Å². The second-order valence-electron chi connectivity index (χ2n) is 7.07. The first kappa shape index (κ1) is 17.3. The predicted octanol–water partition coefficient (Wildman–Crippen LogP) is 3.48. The number of hydrogen-bond donors (Lipinski definition) is 2. The van der Waals surface area contributed by atoms with Crippen LogP contribution in [0.2, 0.25) is 0 Å². The summed E-state index contributed by atoms with van der Waals surface area (Å²) in [6.07, 6.45) is 6.11. The average Bonchev–Trinajstić information content (AvgIpc) is 3.31. The van der Waals surface area contributed by atoms with Gasteiger partial charge in [0, 0.05) is 23.1 Å². The standard InChI is InChI=1S/C21H24N2O2S/c24-26(25,19-6-2-1-3-7-19)12-10-16-8-9-21-20(13-16)17(15-23-21)14-18-5-4-11-22-18/h1-3,6-9,13,15,18,22-23H,4-5,10-12,14H2. The second-order valence-corrected chi connectivity index (χ2v) is 9.18. The van der Waals surface area contributed by atoms with E-state index in [1.165, 1.54) is 23.8 Å². The van der Waals surface area contributed by atoms with Crippen LogP contribution >= 0.6 is 0 Å². The van der Waals surface area contributed by atoms with E-state index in [-0.39, 0.29) is 5.75 Å². The minimum atomic E-state index is -3.24. The molecular weight excluding hydrogens is 344 g/mol. The van der Waals surface area contributed by atoms with Gasteiger partial charge in [0.25, 0.3) is 0 Å². The normalized spacial score (nSPS) is 17.8. The number of nitrogens with one attached hydrogen (secondary N) is 2. The Labute approximate surface area is 154 Å². The van der Waals surface area contributed by atoms with E-state index in [4.69, 9.17) is 0 Å². The van der Waals surface area contributed by atoms with Gasteiger partial charge in [0.2, 0.25) is 0 Å². The highest BCUT2D eigenvalue weighted by atomic mass is 32.2. The highest BCUT2D eigenvalue weighted by molar-refractivity contribution is 7.91. The molecule has 2 N–H and O–H groups in total. The molecule has 0 bridgehead atoms. The zero-order valence-corrected chi connectivity index (χ0v) is 15.6. The molecule has 0 amide bonds. The lowest BCUT2D eigenvalue weighted by Crippen LogP contribution is -2.23. The van der Waals surface area contributed by atoms with Gasteiger partial charge in [-0.15, -0.1) is 0 Å². The third-order valence-corrected chi connectivity index (χ3v) is 6.95. The van der Waals surface area contributed by atoms with Crippen LogP contribution in [0.4, 0.5) is 0 Å². The van der Waals surface area contributed by atoms with Crippen molar-refractivity contribution in [1.82, 2.24) is 10.3 Å². The quantitative estimate of drug-likeness (QED) is 0.700. The average molecular weight is 369 g/mol. The maximum absolute atomic E-state index is 12.5. The molecule has 136 valence electrons. The number of hydrogen-bond acceptors (Lipinski definition) is 3. The smallest absolute Gasteiger partial charge is 0.178 e. The fourth-order valence-electron chi connectivity index (χ4n) is 3.74. The molecule has 0 aliphatic carbocycles. The van der Waals surface area contributed by atoms with Crippen LogP contribution in [0.15, 0.2) is 59.6 Å². The molecule has 2 heterocycles. The van der Waals surface area contributed by atoms with Gasteiger partial charge in [-0.25, -0.2) is 8.42 Å². The van der Waals surface area contributed by atoms with E-state index >= 15 is 0 Å². The first-order valence-corrected chi connectivity index (χ1v) is 10.9. The minimum Gasteiger partial charge on any atom is -0.361 e. The Morgan fingerprint density at radius 1 is 1.08 bits per heavy atom. The SMILES string of the molecule is O=S(=O)(CCc1ccc2[nH]cc(CC3CCCN3)c2c1)c1ccccc1. The van der Waals surface area contributed by atoms with Crippen LogP contribution < -0.4 is 5.32 Å². The molecule has 5 heteroatoms. The molecule has 0 radical (unpaired) electrons. The zero-order valence-electron chi connectivity index (χ0n) is 14.7. The number of aromatic nitrogens is 1. The van der Waals surface area contributed by atoms with Crippen LogP contribution in [0.25, 0.3) is 10.9 Å². The van der Waals surface area contributed by atoms with Crippen molar-refractivity contribution in [3.05, 3.63) is 65.9 Å². The summed E-state index contributed by atoms with van der Waals surface area (Å²) in [7, 11) is -3.24. The Morgan fingerprint density at radius 3 is 2.69 bits per heavy atom. The largest absolute Gasteiger partial charge is 0.361 e. The van der Waals surface area contributed by atoms with Gasteiger partial charge >= 0.3 is 0 Å². The highest BCUT2D eigenvalue weighted by Crippen LogP contribution is 2.24. The lowest BCUT2D eigenvalue weighted by atomic mass is 10.0. The zero-order chi connectivity index (χ0) is 18.0. The van der Waals surface area contributed by atoms with E-state index in [1.54, 1.807) is 24.3 Å². The number of H-pyrrole nitrogens is 1. The molecule has 1 aromatic heterocycles. The Bertz CT molecular complexity index is 987.